The van der Waals surface area contributed by atoms with E-state index in [1.807, 2.05) is 6.07 Å². The number of carbonyl (C=O) groups is 1. The molecule has 0 aliphatic heterocycles. The molecule has 7 heteroatoms. The number of halogens is 2. The molecule has 0 aliphatic carbocycles. The van der Waals surface area contributed by atoms with E-state index in [1.54, 1.807) is 0 Å². The predicted octanol–water partition coefficient (Wildman–Crippen LogP) is 2.44. The van der Waals surface area contributed by atoms with Crippen molar-refractivity contribution in [1.82, 2.24) is 10.2 Å². The molecule has 2 rings (SSSR count). The number of benzene rings is 1. The average molecular weight is 309 g/mol. The Labute approximate surface area is 110 Å². The summed E-state index contributed by atoms with van der Waals surface area (Å²) in [5.41, 5.74) is 0.483. The summed E-state index contributed by atoms with van der Waals surface area (Å²) >= 11 is 3.10. The number of aromatic nitrogens is 2. The molecule has 2 aromatic rings. The molecule has 0 saturated carbocycles. The maximum Gasteiger partial charge on any atom is 0.257 e. The lowest BCUT2D eigenvalue weighted by atomic mass is 10.2. The fourth-order valence-electron chi connectivity index (χ4n) is 1.32. The van der Waals surface area contributed by atoms with Crippen LogP contribution in [-0.4, -0.2) is 16.1 Å². The van der Waals surface area contributed by atoms with Crippen molar-refractivity contribution in [2.45, 2.75) is 0 Å². The first kappa shape index (κ1) is 12.3. The van der Waals surface area contributed by atoms with E-state index in [1.165, 1.54) is 24.4 Å². The third kappa shape index (κ3) is 2.38. The summed E-state index contributed by atoms with van der Waals surface area (Å²) in [6.07, 6.45) is 1.30. The summed E-state index contributed by atoms with van der Waals surface area (Å²) in [6.45, 7) is 0. The molecule has 1 amide bonds. The molecule has 0 fully saturated rings. The van der Waals surface area contributed by atoms with Gasteiger partial charge in [-0.25, -0.2) is 4.39 Å². The molecule has 0 saturated heterocycles. The van der Waals surface area contributed by atoms with Crippen molar-refractivity contribution in [2.24, 2.45) is 0 Å². The third-order valence-electron chi connectivity index (χ3n) is 2.17. The highest BCUT2D eigenvalue weighted by Gasteiger charge is 2.13. The van der Waals surface area contributed by atoms with Gasteiger partial charge >= 0.3 is 0 Å². The highest BCUT2D eigenvalue weighted by atomic mass is 79.9. The van der Waals surface area contributed by atoms with Crippen molar-refractivity contribution < 1.29 is 9.18 Å². The second-order valence-corrected chi connectivity index (χ2v) is 4.20. The van der Waals surface area contributed by atoms with Gasteiger partial charge in [0.15, 0.2) is 0 Å². The van der Waals surface area contributed by atoms with Crippen LogP contribution in [0.3, 0.4) is 0 Å². The van der Waals surface area contributed by atoms with Crippen molar-refractivity contribution in [3.05, 3.63) is 45.8 Å². The van der Waals surface area contributed by atoms with Crippen LogP contribution in [0.1, 0.15) is 15.9 Å². The molecule has 0 atom stereocenters. The molecule has 90 valence electrons. The van der Waals surface area contributed by atoms with Gasteiger partial charge in [0.05, 0.1) is 11.8 Å². The van der Waals surface area contributed by atoms with Crippen LogP contribution in [0.2, 0.25) is 0 Å². The summed E-state index contributed by atoms with van der Waals surface area (Å²) in [4.78, 5) is 11.9. The Kier molecular flexibility index (Phi) is 3.39. The summed E-state index contributed by atoms with van der Waals surface area (Å²) in [7, 11) is 0. The summed E-state index contributed by atoms with van der Waals surface area (Å²) in [5.74, 6) is -0.709. The molecule has 1 aromatic heterocycles. The second kappa shape index (κ2) is 4.98. The van der Waals surface area contributed by atoms with Crippen LogP contribution in [-0.2, 0) is 0 Å². The fraction of sp³-hybridized carbons (Fsp3) is 0. The molecule has 0 radical (unpaired) electrons. The predicted molar refractivity (Wildman–Crippen MR) is 65.4 cm³/mol. The second-order valence-electron chi connectivity index (χ2n) is 3.35. The van der Waals surface area contributed by atoms with Gasteiger partial charge in [0.25, 0.3) is 5.91 Å². The van der Waals surface area contributed by atoms with E-state index < -0.39 is 11.7 Å². The van der Waals surface area contributed by atoms with Gasteiger partial charge in [0, 0.05) is 4.47 Å². The first-order valence-electron chi connectivity index (χ1n) is 4.81. The van der Waals surface area contributed by atoms with E-state index in [4.69, 9.17) is 5.26 Å². The normalized spacial score (nSPS) is 9.83. The average Bonchev–Trinajstić information content (AvgIpc) is 2.76. The summed E-state index contributed by atoms with van der Waals surface area (Å²) in [5, 5.41) is 17.4. The number of amides is 1. The summed E-state index contributed by atoms with van der Waals surface area (Å²) in [6, 6.07) is 5.59. The van der Waals surface area contributed by atoms with Crippen LogP contribution in [0, 0.1) is 17.1 Å². The number of aromatic amines is 1. The number of nitrogens with one attached hydrogen (secondary N) is 2. The van der Waals surface area contributed by atoms with E-state index in [0.717, 1.165) is 0 Å². The van der Waals surface area contributed by atoms with E-state index in [-0.39, 0.29) is 16.9 Å². The van der Waals surface area contributed by atoms with Crippen molar-refractivity contribution in [1.29, 1.82) is 5.26 Å². The maximum absolute atomic E-state index is 12.9. The van der Waals surface area contributed by atoms with Gasteiger partial charge in [-0.15, -0.1) is 0 Å². The number of nitrogens with zero attached hydrogens (tertiary/aromatic N) is 2. The minimum Gasteiger partial charge on any atom is -0.306 e. The van der Waals surface area contributed by atoms with Crippen LogP contribution in [0.5, 0.6) is 0 Å². The van der Waals surface area contributed by atoms with Gasteiger partial charge in [-0.2, -0.15) is 10.4 Å². The fourth-order valence-corrected chi connectivity index (χ4v) is 1.85. The lowest BCUT2D eigenvalue weighted by Gasteiger charge is -2.05. The molecule has 0 spiro atoms. The lowest BCUT2D eigenvalue weighted by molar-refractivity contribution is 0.102. The van der Waals surface area contributed by atoms with E-state index in [9.17, 15) is 9.18 Å². The number of hydrogen-bond acceptors (Lipinski definition) is 3. The van der Waals surface area contributed by atoms with Crippen molar-refractivity contribution in [3.63, 3.8) is 0 Å². The number of nitriles is 1. The summed E-state index contributed by atoms with van der Waals surface area (Å²) < 4.78 is 13.2. The number of anilines is 1. The standard InChI is InChI=1S/C11H6BrFN4O/c12-9-3-7(13)1-2-8(9)11(18)16-10-6(4-14)5-15-17-10/h1-3,5H,(H2,15,16,17,18). The molecule has 0 unspecified atom stereocenters. The first-order chi connectivity index (χ1) is 8.61. The maximum atomic E-state index is 12.9. The Bertz CT molecular complexity index is 647. The van der Waals surface area contributed by atoms with E-state index >= 15 is 0 Å². The van der Waals surface area contributed by atoms with Crippen molar-refractivity contribution >= 4 is 27.7 Å². The zero-order valence-corrected chi connectivity index (χ0v) is 10.5. The van der Waals surface area contributed by atoms with Crippen LogP contribution in [0.15, 0.2) is 28.9 Å². The highest BCUT2D eigenvalue weighted by molar-refractivity contribution is 9.10. The van der Waals surface area contributed by atoms with Gasteiger partial charge < -0.3 is 5.32 Å². The molecule has 0 aliphatic rings. The Morgan fingerprint density at radius 3 is 3.00 bits per heavy atom. The minimum atomic E-state index is -0.470. The van der Waals surface area contributed by atoms with E-state index in [0.29, 0.717) is 4.47 Å². The molecular weight excluding hydrogens is 303 g/mol. The minimum absolute atomic E-state index is 0.207. The Morgan fingerprint density at radius 1 is 1.56 bits per heavy atom. The Balaban J connectivity index is 2.25. The number of rotatable bonds is 2. The SMILES string of the molecule is N#Cc1cn[nH]c1NC(=O)c1ccc(F)cc1Br. The quantitative estimate of drug-likeness (QED) is 0.894. The molecule has 2 N–H and O–H groups in total. The lowest BCUT2D eigenvalue weighted by Crippen LogP contribution is -2.13. The van der Waals surface area contributed by atoms with Gasteiger partial charge in [-0.05, 0) is 34.1 Å². The molecule has 18 heavy (non-hydrogen) atoms. The number of hydrogen-bond donors (Lipinski definition) is 2. The van der Waals surface area contributed by atoms with Crippen molar-refractivity contribution in [3.8, 4) is 6.07 Å². The van der Waals surface area contributed by atoms with E-state index in [2.05, 4.69) is 31.4 Å². The molecule has 0 bridgehead atoms. The Morgan fingerprint density at radius 2 is 2.33 bits per heavy atom. The third-order valence-corrected chi connectivity index (χ3v) is 2.83. The first-order valence-corrected chi connectivity index (χ1v) is 5.61. The molecular formula is C11H6BrFN4O. The van der Waals surface area contributed by atoms with Gasteiger partial charge in [-0.1, -0.05) is 0 Å². The van der Waals surface area contributed by atoms with Crippen molar-refractivity contribution in [2.75, 3.05) is 5.32 Å². The molecule has 1 aromatic carbocycles. The monoisotopic (exact) mass is 308 g/mol. The smallest absolute Gasteiger partial charge is 0.257 e. The van der Waals surface area contributed by atoms with Gasteiger partial charge in [0.1, 0.15) is 23.3 Å². The van der Waals surface area contributed by atoms with Gasteiger partial charge in [0.2, 0.25) is 0 Å². The zero-order valence-electron chi connectivity index (χ0n) is 8.87. The Hall–Kier alpha value is -2.20. The van der Waals surface area contributed by atoms with Crippen LogP contribution >= 0.6 is 15.9 Å². The van der Waals surface area contributed by atoms with Crippen LogP contribution < -0.4 is 5.32 Å². The van der Waals surface area contributed by atoms with Gasteiger partial charge in [-0.3, -0.25) is 9.89 Å². The zero-order chi connectivity index (χ0) is 13.1. The topological polar surface area (TPSA) is 81.6 Å². The number of H-pyrrole nitrogens is 1. The highest BCUT2D eigenvalue weighted by Crippen LogP contribution is 2.19. The number of carbonyl (C=O) groups excluding carboxylic acids is 1. The molecule has 1 heterocycles. The van der Waals surface area contributed by atoms with Crippen LogP contribution in [0.4, 0.5) is 10.2 Å². The van der Waals surface area contributed by atoms with Crippen LogP contribution in [0.25, 0.3) is 0 Å². The molecule has 5 nitrogen and oxygen atoms in total. The largest absolute Gasteiger partial charge is 0.306 e.